The fourth-order valence-electron chi connectivity index (χ4n) is 3.18. The zero-order chi connectivity index (χ0) is 14.2. The van der Waals surface area contributed by atoms with Crippen LogP contribution in [0.3, 0.4) is 0 Å². The maximum Gasteiger partial charge on any atom is 0.243 e. The number of hydrogen-bond acceptors (Lipinski definition) is 3. The SMILES string of the molecule is O=S(=O)(c1ccc2c(c1)CCCC2)N1CCC(CO)C1. The standard InChI is InChI=1S/C15H21NO3S/c17-11-12-7-8-16(10-12)20(18,19)15-6-5-13-3-1-2-4-14(13)9-15/h5-6,9,12,17H,1-4,7-8,10-11H2. The highest BCUT2D eigenvalue weighted by Gasteiger charge is 2.32. The summed E-state index contributed by atoms with van der Waals surface area (Å²) in [5.41, 5.74) is 2.49. The van der Waals surface area contributed by atoms with Crippen LogP contribution >= 0.6 is 0 Å². The maximum atomic E-state index is 12.6. The van der Waals surface area contributed by atoms with Gasteiger partial charge in [0.1, 0.15) is 0 Å². The highest BCUT2D eigenvalue weighted by atomic mass is 32.2. The first-order valence-corrected chi connectivity index (χ1v) is 8.78. The van der Waals surface area contributed by atoms with Crippen molar-refractivity contribution in [2.45, 2.75) is 37.0 Å². The minimum atomic E-state index is -3.39. The van der Waals surface area contributed by atoms with Crippen LogP contribution in [0.4, 0.5) is 0 Å². The Balaban J connectivity index is 1.88. The first-order chi connectivity index (χ1) is 9.61. The fraction of sp³-hybridized carbons (Fsp3) is 0.600. The molecule has 3 rings (SSSR count). The van der Waals surface area contributed by atoms with E-state index in [2.05, 4.69) is 0 Å². The number of nitrogens with zero attached hydrogens (tertiary/aromatic N) is 1. The monoisotopic (exact) mass is 295 g/mol. The van der Waals surface area contributed by atoms with Crippen molar-refractivity contribution in [3.8, 4) is 0 Å². The summed E-state index contributed by atoms with van der Waals surface area (Å²) in [6, 6.07) is 5.57. The molecule has 1 atom stereocenters. The molecule has 5 heteroatoms. The smallest absolute Gasteiger partial charge is 0.243 e. The molecule has 0 bridgehead atoms. The van der Waals surface area contributed by atoms with Crippen molar-refractivity contribution in [1.29, 1.82) is 0 Å². The average molecular weight is 295 g/mol. The summed E-state index contributed by atoms with van der Waals surface area (Å²) in [6.07, 6.45) is 5.14. The van der Waals surface area contributed by atoms with Crippen molar-refractivity contribution in [1.82, 2.24) is 4.31 Å². The molecule has 1 N–H and O–H groups in total. The van der Waals surface area contributed by atoms with Gasteiger partial charge in [-0.1, -0.05) is 6.07 Å². The summed E-state index contributed by atoms with van der Waals surface area (Å²) in [4.78, 5) is 0.414. The molecule has 1 saturated heterocycles. The van der Waals surface area contributed by atoms with Gasteiger partial charge in [0.05, 0.1) is 4.90 Å². The molecule has 110 valence electrons. The van der Waals surface area contributed by atoms with E-state index in [0.717, 1.165) is 25.7 Å². The number of fused-ring (bicyclic) bond motifs is 1. The minimum Gasteiger partial charge on any atom is -0.396 e. The van der Waals surface area contributed by atoms with Gasteiger partial charge >= 0.3 is 0 Å². The van der Waals surface area contributed by atoms with Gasteiger partial charge in [0, 0.05) is 19.7 Å². The Morgan fingerprint density at radius 2 is 1.95 bits per heavy atom. The van der Waals surface area contributed by atoms with Gasteiger partial charge in [0.25, 0.3) is 0 Å². The molecule has 0 radical (unpaired) electrons. The van der Waals surface area contributed by atoms with Gasteiger partial charge in [-0.05, 0) is 61.3 Å². The molecule has 0 spiro atoms. The zero-order valence-electron chi connectivity index (χ0n) is 11.6. The number of benzene rings is 1. The molecule has 0 aromatic heterocycles. The second kappa shape index (κ2) is 5.47. The predicted octanol–water partition coefficient (Wildman–Crippen LogP) is 1.57. The molecule has 20 heavy (non-hydrogen) atoms. The lowest BCUT2D eigenvalue weighted by Crippen LogP contribution is -2.29. The molecule has 0 saturated carbocycles. The largest absolute Gasteiger partial charge is 0.396 e. The van der Waals surface area contributed by atoms with Crippen LogP contribution in [0.2, 0.25) is 0 Å². The first kappa shape index (κ1) is 14.0. The third-order valence-electron chi connectivity index (χ3n) is 4.46. The Hall–Kier alpha value is -0.910. The number of aliphatic hydroxyl groups excluding tert-OH is 1. The van der Waals surface area contributed by atoms with E-state index in [1.165, 1.54) is 21.9 Å². The third kappa shape index (κ3) is 2.50. The van der Waals surface area contributed by atoms with E-state index in [9.17, 15) is 8.42 Å². The summed E-state index contributed by atoms with van der Waals surface area (Å²) in [6.45, 7) is 1.02. The summed E-state index contributed by atoms with van der Waals surface area (Å²) >= 11 is 0. The van der Waals surface area contributed by atoms with Gasteiger partial charge in [-0.3, -0.25) is 0 Å². The van der Waals surface area contributed by atoms with Gasteiger partial charge in [0.15, 0.2) is 0 Å². The lowest BCUT2D eigenvalue weighted by molar-refractivity contribution is 0.233. The van der Waals surface area contributed by atoms with Crippen LogP contribution in [0.1, 0.15) is 30.4 Å². The Morgan fingerprint density at radius 1 is 1.20 bits per heavy atom. The van der Waals surface area contributed by atoms with Gasteiger partial charge in [-0.25, -0.2) is 8.42 Å². The van der Waals surface area contributed by atoms with Crippen molar-refractivity contribution >= 4 is 10.0 Å². The van der Waals surface area contributed by atoms with E-state index in [1.54, 1.807) is 6.07 Å². The van der Waals surface area contributed by atoms with Gasteiger partial charge < -0.3 is 5.11 Å². The topological polar surface area (TPSA) is 57.6 Å². The van der Waals surface area contributed by atoms with Crippen molar-refractivity contribution in [3.05, 3.63) is 29.3 Å². The zero-order valence-corrected chi connectivity index (χ0v) is 12.4. The summed E-state index contributed by atoms with van der Waals surface area (Å²) < 4.78 is 26.8. The van der Waals surface area contributed by atoms with Crippen LogP contribution in [0, 0.1) is 5.92 Å². The second-order valence-corrected chi connectivity index (χ2v) is 7.78. The first-order valence-electron chi connectivity index (χ1n) is 7.34. The average Bonchev–Trinajstić information content (AvgIpc) is 2.96. The van der Waals surface area contributed by atoms with Crippen molar-refractivity contribution in [2.75, 3.05) is 19.7 Å². The maximum absolute atomic E-state index is 12.6. The molecule has 1 aromatic rings. The van der Waals surface area contributed by atoms with Crippen LogP contribution in [-0.4, -0.2) is 37.5 Å². The summed E-state index contributed by atoms with van der Waals surface area (Å²) in [5, 5.41) is 9.16. The van der Waals surface area contributed by atoms with Crippen LogP contribution in [0.5, 0.6) is 0 Å². The normalized spacial score (nSPS) is 23.8. The van der Waals surface area contributed by atoms with Crippen LogP contribution < -0.4 is 0 Å². The van der Waals surface area contributed by atoms with E-state index < -0.39 is 10.0 Å². The number of aryl methyl sites for hydroxylation is 2. The third-order valence-corrected chi connectivity index (χ3v) is 6.33. The highest BCUT2D eigenvalue weighted by molar-refractivity contribution is 7.89. The van der Waals surface area contributed by atoms with Crippen LogP contribution in [-0.2, 0) is 22.9 Å². The number of rotatable bonds is 3. The Bertz CT molecular complexity index is 597. The second-order valence-electron chi connectivity index (χ2n) is 5.84. The molecule has 4 nitrogen and oxygen atoms in total. The molecule has 1 aliphatic carbocycles. The molecule has 2 aliphatic rings. The van der Waals surface area contributed by atoms with E-state index in [1.807, 2.05) is 12.1 Å². The molecule has 1 aromatic carbocycles. The van der Waals surface area contributed by atoms with Gasteiger partial charge in [-0.2, -0.15) is 4.31 Å². The van der Waals surface area contributed by atoms with E-state index in [4.69, 9.17) is 5.11 Å². The fourth-order valence-corrected chi connectivity index (χ4v) is 4.77. The van der Waals surface area contributed by atoms with Gasteiger partial charge in [0.2, 0.25) is 10.0 Å². The number of hydrogen-bond donors (Lipinski definition) is 1. The molecular weight excluding hydrogens is 274 g/mol. The Kier molecular flexibility index (Phi) is 3.84. The molecular formula is C15H21NO3S. The lowest BCUT2D eigenvalue weighted by Gasteiger charge is -2.20. The van der Waals surface area contributed by atoms with Crippen LogP contribution in [0.25, 0.3) is 0 Å². The molecule has 0 amide bonds. The minimum absolute atomic E-state index is 0.0657. The number of aliphatic hydroxyl groups is 1. The Morgan fingerprint density at radius 3 is 2.65 bits per heavy atom. The van der Waals surface area contributed by atoms with E-state index in [0.29, 0.717) is 18.0 Å². The molecule has 1 heterocycles. The number of sulfonamides is 1. The molecule has 1 aliphatic heterocycles. The molecule has 1 fully saturated rings. The predicted molar refractivity (Wildman–Crippen MR) is 77.0 cm³/mol. The van der Waals surface area contributed by atoms with Crippen molar-refractivity contribution in [3.63, 3.8) is 0 Å². The highest BCUT2D eigenvalue weighted by Crippen LogP contribution is 2.28. The quantitative estimate of drug-likeness (QED) is 0.921. The van der Waals surface area contributed by atoms with Crippen molar-refractivity contribution < 1.29 is 13.5 Å². The Labute approximate surface area is 120 Å². The molecule has 1 unspecified atom stereocenters. The summed E-state index contributed by atoms with van der Waals surface area (Å²) in [5.74, 6) is 0.0856. The van der Waals surface area contributed by atoms with E-state index in [-0.39, 0.29) is 12.5 Å². The van der Waals surface area contributed by atoms with Gasteiger partial charge in [-0.15, -0.1) is 0 Å². The van der Waals surface area contributed by atoms with Crippen molar-refractivity contribution in [2.24, 2.45) is 5.92 Å². The van der Waals surface area contributed by atoms with E-state index >= 15 is 0 Å². The lowest BCUT2D eigenvalue weighted by atomic mass is 9.92. The van der Waals surface area contributed by atoms with Crippen LogP contribution in [0.15, 0.2) is 23.1 Å². The summed E-state index contributed by atoms with van der Waals surface area (Å²) in [7, 11) is -3.39.